The number of carbonyl (C=O) groups excluding carboxylic acids is 2. The van der Waals surface area contributed by atoms with Crippen LogP contribution in [-0.2, 0) is 19.5 Å². The van der Waals surface area contributed by atoms with E-state index in [0.717, 1.165) is 56.3 Å². The van der Waals surface area contributed by atoms with Gasteiger partial charge in [0.05, 0.1) is 23.7 Å². The molecule has 2 N–H and O–H groups in total. The first-order valence-corrected chi connectivity index (χ1v) is 20.8. The molecule has 0 fully saturated rings. The van der Waals surface area contributed by atoms with Crippen LogP contribution >= 0.6 is 22.7 Å². The van der Waals surface area contributed by atoms with Crippen molar-refractivity contribution in [3.8, 4) is 17.0 Å². The molecule has 0 bridgehead atoms. The first-order chi connectivity index (χ1) is 28.9. The molecule has 2 amide bonds. The van der Waals surface area contributed by atoms with E-state index < -0.39 is 0 Å². The van der Waals surface area contributed by atoms with Gasteiger partial charge in [0.1, 0.15) is 17.1 Å². The van der Waals surface area contributed by atoms with E-state index in [-0.39, 0.29) is 17.7 Å². The fourth-order valence-corrected chi connectivity index (χ4v) is 8.65. The predicted octanol–water partition coefficient (Wildman–Crippen LogP) is 9.46. The zero-order valence-corrected chi connectivity index (χ0v) is 33.6. The molecule has 7 heterocycles. The molecule has 0 saturated heterocycles. The number of amides is 2. The molecule has 1 aliphatic rings. The van der Waals surface area contributed by atoms with E-state index in [1.165, 1.54) is 22.7 Å². The number of fused-ring (bicyclic) bond motifs is 1. The molecule has 11 nitrogen and oxygen atoms in total. The smallest absolute Gasteiger partial charge is 0.274 e. The van der Waals surface area contributed by atoms with Gasteiger partial charge >= 0.3 is 0 Å². The van der Waals surface area contributed by atoms with Gasteiger partial charge in [0, 0.05) is 65.8 Å². The van der Waals surface area contributed by atoms with E-state index >= 15 is 0 Å². The number of nitrogens with zero attached hydrogens (tertiary/aromatic N) is 6. The number of rotatable bonds is 12. The maximum absolute atomic E-state index is 13.9. The molecule has 1 atom stereocenters. The Bertz CT molecular complexity index is 2790. The lowest BCUT2D eigenvalue weighted by Gasteiger charge is -2.23. The fourth-order valence-electron chi connectivity index (χ4n) is 7.07. The Morgan fingerprint density at radius 1 is 0.814 bits per heavy atom. The summed E-state index contributed by atoms with van der Waals surface area (Å²) in [5, 5.41) is 9.10. The molecule has 292 valence electrons. The van der Waals surface area contributed by atoms with Gasteiger partial charge < -0.3 is 13.9 Å². The summed E-state index contributed by atoms with van der Waals surface area (Å²) in [4.78, 5) is 46.8. The summed E-state index contributed by atoms with van der Waals surface area (Å²) in [7, 11) is 0. The zero-order chi connectivity index (χ0) is 40.1. The summed E-state index contributed by atoms with van der Waals surface area (Å²) in [6.07, 6.45) is 13.9. The van der Waals surface area contributed by atoms with E-state index in [9.17, 15) is 9.59 Å². The fraction of sp³-hybridized carbons (Fsp3) is 0.130. The minimum atomic E-state index is -0.276. The Labute approximate surface area is 348 Å². The summed E-state index contributed by atoms with van der Waals surface area (Å²) in [6, 6.07) is 31.4. The molecule has 6 aromatic heterocycles. The highest BCUT2D eigenvalue weighted by molar-refractivity contribution is 7.16. The van der Waals surface area contributed by atoms with Crippen molar-refractivity contribution in [2.75, 3.05) is 17.2 Å². The number of para-hydroxylation sites is 1. The van der Waals surface area contributed by atoms with Crippen LogP contribution in [0.3, 0.4) is 0 Å². The third-order valence-corrected chi connectivity index (χ3v) is 11.8. The van der Waals surface area contributed by atoms with E-state index in [1.807, 2.05) is 131 Å². The minimum absolute atomic E-state index is 0.123. The molecule has 0 spiro atoms. The molecule has 2 aromatic carbocycles. The number of anilines is 2. The van der Waals surface area contributed by atoms with Crippen molar-refractivity contribution in [2.24, 2.45) is 0 Å². The Hall–Kier alpha value is -6.96. The highest BCUT2D eigenvalue weighted by Crippen LogP contribution is 2.34. The van der Waals surface area contributed by atoms with Gasteiger partial charge in [0.15, 0.2) is 10.3 Å². The molecule has 0 saturated carbocycles. The van der Waals surface area contributed by atoms with Crippen molar-refractivity contribution < 1.29 is 14.3 Å². The van der Waals surface area contributed by atoms with Crippen LogP contribution in [0.15, 0.2) is 133 Å². The van der Waals surface area contributed by atoms with Crippen LogP contribution in [0.25, 0.3) is 23.4 Å². The minimum Gasteiger partial charge on any atom is -0.493 e. The number of hydrogen-bond donors (Lipinski definition) is 2. The highest BCUT2D eigenvalue weighted by atomic mass is 32.1. The van der Waals surface area contributed by atoms with Gasteiger partial charge in [-0.25, -0.2) is 9.97 Å². The van der Waals surface area contributed by atoms with Gasteiger partial charge in [-0.05, 0) is 90.2 Å². The van der Waals surface area contributed by atoms with Crippen molar-refractivity contribution in [1.82, 2.24) is 29.1 Å². The third kappa shape index (κ3) is 8.66. The van der Waals surface area contributed by atoms with Crippen LogP contribution in [0.4, 0.5) is 10.3 Å². The number of hydrogen-bond acceptors (Lipinski definition) is 9. The zero-order valence-electron chi connectivity index (χ0n) is 32.0. The largest absolute Gasteiger partial charge is 0.493 e. The van der Waals surface area contributed by atoms with Crippen molar-refractivity contribution in [3.63, 3.8) is 0 Å². The first kappa shape index (κ1) is 37.6. The lowest BCUT2D eigenvalue weighted by molar-refractivity contribution is 0.101. The van der Waals surface area contributed by atoms with Gasteiger partial charge in [-0.1, -0.05) is 54.6 Å². The van der Waals surface area contributed by atoms with Gasteiger partial charge in [-0.2, -0.15) is 0 Å². The van der Waals surface area contributed by atoms with Crippen molar-refractivity contribution in [2.45, 2.75) is 32.4 Å². The van der Waals surface area contributed by atoms with E-state index in [0.29, 0.717) is 47.0 Å². The second-order valence-electron chi connectivity index (χ2n) is 14.2. The second-order valence-corrected chi connectivity index (χ2v) is 16.2. The molecular weight excluding hydrogens is 777 g/mol. The lowest BCUT2D eigenvalue weighted by atomic mass is 9.95. The van der Waals surface area contributed by atoms with Gasteiger partial charge in [-0.15, -0.1) is 22.7 Å². The summed E-state index contributed by atoms with van der Waals surface area (Å²) >= 11 is 2.85. The van der Waals surface area contributed by atoms with E-state index in [4.69, 9.17) is 19.7 Å². The van der Waals surface area contributed by atoms with Crippen LogP contribution < -0.4 is 15.4 Å². The highest BCUT2D eigenvalue weighted by Gasteiger charge is 2.24. The van der Waals surface area contributed by atoms with Crippen LogP contribution in [0, 0.1) is 6.92 Å². The average Bonchev–Trinajstić information content (AvgIpc) is 4.09. The summed E-state index contributed by atoms with van der Waals surface area (Å²) in [5.41, 5.74) is 8.35. The number of thiazole rings is 2. The number of aromatic nitrogens is 6. The quantitative estimate of drug-likeness (QED) is 0.126. The van der Waals surface area contributed by atoms with Gasteiger partial charge in [0.2, 0.25) is 0 Å². The number of nitrogens with one attached hydrogen (secondary N) is 2. The maximum Gasteiger partial charge on any atom is 0.274 e. The molecule has 0 radical (unpaired) electrons. The van der Waals surface area contributed by atoms with Crippen molar-refractivity contribution in [1.29, 1.82) is 0 Å². The molecule has 1 aliphatic heterocycles. The predicted molar refractivity (Wildman–Crippen MR) is 233 cm³/mol. The molecule has 13 heteroatoms. The van der Waals surface area contributed by atoms with Crippen LogP contribution in [-0.4, -0.2) is 47.5 Å². The number of aryl methyl sites for hydroxylation is 1. The number of carbonyl (C=O) groups is 2. The monoisotopic (exact) mass is 814 g/mol. The Kier molecular flexibility index (Phi) is 10.8. The molecule has 1 unspecified atom stereocenters. The SMILES string of the molecule is Cc1sc(NC(=O)c2cc(-c3cc(Cn4cccc4C(=O)Nc4nc(C5COc6ccccc6C5)cs4)ccn3)cn2Cc2ccncc2)nc1/C=C/c1ccccc1. The van der Waals surface area contributed by atoms with Crippen LogP contribution in [0.1, 0.15) is 65.4 Å². The van der Waals surface area contributed by atoms with Crippen LogP contribution in [0.5, 0.6) is 5.75 Å². The maximum atomic E-state index is 13.9. The molecule has 0 aliphatic carbocycles. The Morgan fingerprint density at radius 3 is 2.47 bits per heavy atom. The van der Waals surface area contributed by atoms with E-state index in [2.05, 4.69) is 21.7 Å². The lowest BCUT2D eigenvalue weighted by Crippen LogP contribution is -2.20. The van der Waals surface area contributed by atoms with Gasteiger partial charge in [-0.3, -0.25) is 30.2 Å². The average molecular weight is 815 g/mol. The number of benzene rings is 2. The first-order valence-electron chi connectivity index (χ1n) is 19.1. The Balaban J connectivity index is 0.908. The third-order valence-electron chi connectivity index (χ3n) is 10.1. The topological polar surface area (TPSA) is 129 Å². The molecular formula is C46H38N8O3S2. The second kappa shape index (κ2) is 16.9. The van der Waals surface area contributed by atoms with Crippen molar-refractivity contribution >= 4 is 56.9 Å². The molecule has 59 heavy (non-hydrogen) atoms. The van der Waals surface area contributed by atoms with Crippen molar-refractivity contribution in [3.05, 3.63) is 183 Å². The summed E-state index contributed by atoms with van der Waals surface area (Å²) in [6.45, 7) is 3.43. The summed E-state index contributed by atoms with van der Waals surface area (Å²) < 4.78 is 9.80. The number of ether oxygens (including phenoxy) is 1. The van der Waals surface area contributed by atoms with E-state index in [1.54, 1.807) is 24.7 Å². The standard InChI is InChI=1S/C46H38N8O3S2/c1-30-37(14-13-31-8-3-2-4-9-31)49-46(59-30)52-44(56)41-24-35(27-54(41)25-32-15-18-47-19-16-32)38-22-33(17-20-48-38)26-53-21-7-11-40(53)43(55)51-45-50-39(29-58-45)36-23-34-10-5-6-12-42(34)57-28-36/h2-22,24,27,29,36H,23,25-26,28H2,1H3,(H,49,52,56)(H,50,51,55)/b14-13+. The summed E-state index contributed by atoms with van der Waals surface area (Å²) in [5.74, 6) is 0.527. The molecule has 8 aromatic rings. The van der Waals surface area contributed by atoms with Crippen LogP contribution in [0.2, 0.25) is 0 Å². The molecule has 9 rings (SSSR count). The normalized spacial score (nSPS) is 13.5. The Morgan fingerprint density at radius 2 is 1.59 bits per heavy atom. The van der Waals surface area contributed by atoms with Gasteiger partial charge in [0.25, 0.3) is 11.8 Å². The number of pyridine rings is 2.